The van der Waals surface area contributed by atoms with Crippen LogP contribution in [0.2, 0.25) is 0 Å². The summed E-state index contributed by atoms with van der Waals surface area (Å²) in [5.41, 5.74) is 3.76. The Kier molecular flexibility index (Phi) is 8.92. The van der Waals surface area contributed by atoms with Gasteiger partial charge in [-0.15, -0.1) is 0 Å². The van der Waals surface area contributed by atoms with Gasteiger partial charge in [0.25, 0.3) is 0 Å². The highest BCUT2D eigenvalue weighted by Gasteiger charge is 2.31. The number of fused-ring (bicyclic) bond motifs is 1. The van der Waals surface area contributed by atoms with Crippen LogP contribution >= 0.6 is 0 Å². The maximum atomic E-state index is 14.7. The number of hydrogen-bond acceptors (Lipinski definition) is 8. The fourth-order valence-corrected chi connectivity index (χ4v) is 5.70. The maximum absolute atomic E-state index is 14.7. The average molecular weight is 641 g/mol. The molecule has 12 heteroatoms. The molecule has 1 atom stereocenters. The van der Waals surface area contributed by atoms with Gasteiger partial charge in [-0.05, 0) is 87.4 Å². The fourth-order valence-electron chi connectivity index (χ4n) is 5.01. The van der Waals surface area contributed by atoms with Crippen molar-refractivity contribution in [3.63, 3.8) is 0 Å². The van der Waals surface area contributed by atoms with Gasteiger partial charge in [-0.2, -0.15) is 0 Å². The largest absolute Gasteiger partial charge is 0.491 e. The molecular formula is C33H34F2N2O7S. The van der Waals surface area contributed by atoms with Crippen LogP contribution in [0.5, 0.6) is 17.2 Å². The van der Waals surface area contributed by atoms with Crippen molar-refractivity contribution in [3.8, 4) is 28.6 Å². The molecule has 0 bridgehead atoms. The third-order valence-corrected chi connectivity index (χ3v) is 9.11. The molecule has 4 aromatic rings. The molecule has 0 radical (unpaired) electrons. The molecular weight excluding hydrogens is 606 g/mol. The molecule has 0 saturated heterocycles. The van der Waals surface area contributed by atoms with E-state index in [0.717, 1.165) is 23.3 Å². The van der Waals surface area contributed by atoms with Gasteiger partial charge in [0.15, 0.2) is 17.8 Å². The second-order valence-electron chi connectivity index (χ2n) is 11.1. The molecule has 0 amide bonds. The lowest BCUT2D eigenvalue weighted by atomic mass is 9.96. The average Bonchev–Trinajstić information content (AvgIpc) is 3.42. The topological polar surface area (TPSA) is 121 Å². The number of benzene rings is 3. The quantitative estimate of drug-likeness (QED) is 0.180. The summed E-state index contributed by atoms with van der Waals surface area (Å²) in [7, 11) is -2.06. The number of ether oxygens (including phenoxy) is 2. The van der Waals surface area contributed by atoms with Crippen LogP contribution in [0.25, 0.3) is 16.9 Å². The van der Waals surface area contributed by atoms with Crippen molar-refractivity contribution in [2.75, 3.05) is 25.0 Å². The number of furan rings is 1. The van der Waals surface area contributed by atoms with E-state index >= 15 is 0 Å². The second kappa shape index (κ2) is 12.5. The summed E-state index contributed by atoms with van der Waals surface area (Å²) in [6.07, 6.45) is 0.546. The Morgan fingerprint density at radius 2 is 1.71 bits per heavy atom. The predicted octanol–water partition coefficient (Wildman–Crippen LogP) is 6.48. The molecule has 1 aromatic heterocycles. The van der Waals surface area contributed by atoms with Crippen molar-refractivity contribution in [2.24, 2.45) is 0 Å². The summed E-state index contributed by atoms with van der Waals surface area (Å²) >= 11 is 0. The lowest BCUT2D eigenvalue weighted by Crippen LogP contribution is -2.24. The summed E-state index contributed by atoms with van der Waals surface area (Å²) in [6, 6.07) is 12.9. The van der Waals surface area contributed by atoms with Gasteiger partial charge in [-0.25, -0.2) is 17.2 Å². The van der Waals surface area contributed by atoms with Crippen molar-refractivity contribution in [1.82, 2.24) is 4.90 Å². The first-order valence-corrected chi connectivity index (χ1v) is 15.7. The highest BCUT2D eigenvalue weighted by molar-refractivity contribution is 7.93. The van der Waals surface area contributed by atoms with E-state index in [4.69, 9.17) is 13.9 Å². The Balaban J connectivity index is 1.64. The molecule has 0 aliphatic carbocycles. The molecule has 0 saturated carbocycles. The van der Waals surface area contributed by atoms with Crippen LogP contribution in [-0.4, -0.2) is 49.0 Å². The van der Waals surface area contributed by atoms with Crippen LogP contribution in [0, 0.1) is 25.5 Å². The number of hydrogen-bond donors (Lipinski definition) is 3. The monoisotopic (exact) mass is 640 g/mol. The van der Waals surface area contributed by atoms with Gasteiger partial charge in [0.05, 0.1) is 11.9 Å². The van der Waals surface area contributed by atoms with Crippen LogP contribution in [0.15, 0.2) is 65.2 Å². The van der Waals surface area contributed by atoms with Crippen molar-refractivity contribution in [3.05, 3.63) is 100 Å². The number of aliphatic hydroxyl groups is 2. The number of halogens is 2. The van der Waals surface area contributed by atoms with E-state index < -0.39 is 33.1 Å². The maximum Gasteiger partial charge on any atom is 0.235 e. The van der Waals surface area contributed by atoms with E-state index in [1.807, 2.05) is 26.0 Å². The summed E-state index contributed by atoms with van der Waals surface area (Å²) in [4.78, 5) is 1.55. The van der Waals surface area contributed by atoms with Crippen LogP contribution in [-0.2, 0) is 10.0 Å². The lowest BCUT2D eigenvalue weighted by molar-refractivity contribution is 0.0511. The van der Waals surface area contributed by atoms with Crippen molar-refractivity contribution < 1.29 is 41.3 Å². The van der Waals surface area contributed by atoms with Gasteiger partial charge < -0.3 is 29.0 Å². The predicted molar refractivity (Wildman–Crippen MR) is 167 cm³/mol. The van der Waals surface area contributed by atoms with Gasteiger partial charge in [-0.1, -0.05) is 0 Å². The lowest BCUT2D eigenvalue weighted by Gasteiger charge is -2.28. The molecule has 1 unspecified atom stereocenters. The number of aliphatic hydroxyl groups excluding tert-OH is 2. The van der Waals surface area contributed by atoms with Gasteiger partial charge >= 0.3 is 0 Å². The molecule has 5 rings (SSSR count). The molecule has 3 aromatic carbocycles. The number of rotatable bonds is 10. The third kappa shape index (κ3) is 6.53. The van der Waals surface area contributed by atoms with Crippen LogP contribution in [0.1, 0.15) is 48.1 Å². The van der Waals surface area contributed by atoms with E-state index in [1.54, 1.807) is 38.1 Å². The van der Waals surface area contributed by atoms with E-state index in [1.165, 1.54) is 18.2 Å². The van der Waals surface area contributed by atoms with Gasteiger partial charge in [0.1, 0.15) is 35.4 Å². The minimum atomic E-state index is -3.72. The summed E-state index contributed by atoms with van der Waals surface area (Å²) in [6.45, 7) is 6.88. The van der Waals surface area contributed by atoms with E-state index in [0.29, 0.717) is 45.6 Å². The van der Waals surface area contributed by atoms with Crippen molar-refractivity contribution in [2.45, 2.75) is 39.2 Å². The Hall–Kier alpha value is -4.39. The van der Waals surface area contributed by atoms with Gasteiger partial charge in [-0.3, -0.25) is 4.72 Å². The summed E-state index contributed by atoms with van der Waals surface area (Å²) in [5, 5.41) is 19.6. The molecule has 238 valence electrons. The molecule has 0 fully saturated rings. The number of nitrogens with one attached hydrogen (secondary N) is 1. The molecule has 45 heavy (non-hydrogen) atoms. The van der Waals surface area contributed by atoms with Crippen molar-refractivity contribution in [1.29, 1.82) is 0 Å². The van der Waals surface area contributed by atoms with E-state index in [-0.39, 0.29) is 30.4 Å². The SMILES string of the molecule is Cc1cc(-c2cc3c(o2)C(c2cc(NS(=O)(=O)C(C)C)ccc2Oc2ccc(F)cc2F)=CN(C)C3O)cc(C)c1OCCO. The van der Waals surface area contributed by atoms with Crippen LogP contribution < -0.4 is 14.2 Å². The first-order chi connectivity index (χ1) is 21.3. The number of sulfonamides is 1. The van der Waals surface area contributed by atoms with Crippen LogP contribution in [0.4, 0.5) is 14.5 Å². The standard InChI is InChI=1S/C33H34F2N2O7S/c1-18(2)45(40,41)36-23-7-9-28(43-29-8-6-22(34)14-27(29)35)24(15-23)26-17-37(5)33(39)25-16-30(44-32(25)26)21-12-19(3)31(20(4)13-21)42-11-10-38/h6-9,12-18,33,36,38-39H,10-11H2,1-5H3. The zero-order valence-corrected chi connectivity index (χ0v) is 26.2. The first-order valence-electron chi connectivity index (χ1n) is 14.2. The molecule has 1 aliphatic rings. The second-order valence-corrected chi connectivity index (χ2v) is 13.3. The minimum absolute atomic E-state index is 0.119. The third-order valence-electron chi connectivity index (χ3n) is 7.35. The summed E-state index contributed by atoms with van der Waals surface area (Å²) < 4.78 is 74.2. The fraction of sp³-hybridized carbons (Fsp3) is 0.273. The number of aryl methyl sites for hydroxylation is 2. The zero-order valence-electron chi connectivity index (χ0n) is 25.4. The smallest absolute Gasteiger partial charge is 0.235 e. The Labute approximate surface area is 260 Å². The molecule has 1 aliphatic heterocycles. The van der Waals surface area contributed by atoms with E-state index in [9.17, 15) is 27.4 Å². The zero-order chi connectivity index (χ0) is 32.6. The number of nitrogens with zero attached hydrogens (tertiary/aromatic N) is 1. The molecule has 9 nitrogen and oxygen atoms in total. The Bertz CT molecular complexity index is 1860. The normalized spacial score (nSPS) is 14.8. The molecule has 3 N–H and O–H groups in total. The van der Waals surface area contributed by atoms with Gasteiger partial charge in [0.2, 0.25) is 10.0 Å². The van der Waals surface area contributed by atoms with Gasteiger partial charge in [0, 0.05) is 47.3 Å². The van der Waals surface area contributed by atoms with Crippen LogP contribution in [0.3, 0.4) is 0 Å². The molecule has 2 heterocycles. The highest BCUT2D eigenvalue weighted by atomic mass is 32.2. The number of anilines is 1. The summed E-state index contributed by atoms with van der Waals surface area (Å²) in [5.74, 6) is -0.411. The van der Waals surface area contributed by atoms with E-state index in [2.05, 4.69) is 4.72 Å². The van der Waals surface area contributed by atoms with Crippen molar-refractivity contribution >= 4 is 21.3 Å². The Morgan fingerprint density at radius 3 is 2.36 bits per heavy atom. The molecule has 0 spiro atoms. The first kappa shape index (κ1) is 32.0. The minimum Gasteiger partial charge on any atom is -0.491 e. The highest BCUT2D eigenvalue weighted by Crippen LogP contribution is 2.45. The Morgan fingerprint density at radius 1 is 1.02 bits per heavy atom.